The molecule has 2 aromatic rings. The second kappa shape index (κ2) is 10.2. The van der Waals surface area contributed by atoms with Gasteiger partial charge in [0.1, 0.15) is 11.6 Å². The van der Waals surface area contributed by atoms with Crippen LogP contribution in [0.3, 0.4) is 0 Å². The van der Waals surface area contributed by atoms with Crippen LogP contribution in [0.4, 0.5) is 8.78 Å². The van der Waals surface area contributed by atoms with E-state index < -0.39 is 0 Å². The quantitative estimate of drug-likeness (QED) is 0.633. The van der Waals surface area contributed by atoms with E-state index in [4.69, 9.17) is 0 Å². The van der Waals surface area contributed by atoms with E-state index in [1.54, 1.807) is 18.2 Å². The van der Waals surface area contributed by atoms with Crippen LogP contribution >= 0.6 is 0 Å². The molecule has 19 heavy (non-hydrogen) atoms. The van der Waals surface area contributed by atoms with E-state index in [1.165, 1.54) is 18.2 Å². The maximum Gasteiger partial charge on any atom is 0.126 e. The van der Waals surface area contributed by atoms with Crippen molar-refractivity contribution in [3.8, 4) is 0 Å². The average Bonchev–Trinajstić information content (AvgIpc) is 2.42. The lowest BCUT2D eigenvalue weighted by atomic mass is 10.2. The minimum atomic E-state index is -0.162. The van der Waals surface area contributed by atoms with Crippen molar-refractivity contribution >= 4 is 0 Å². The van der Waals surface area contributed by atoms with Crippen molar-refractivity contribution < 1.29 is 8.78 Å². The molecule has 0 aliphatic carbocycles. The Morgan fingerprint density at radius 1 is 0.895 bits per heavy atom. The highest BCUT2D eigenvalue weighted by atomic mass is 19.1. The molecule has 0 amide bonds. The monoisotopic (exact) mass is 264 g/mol. The topological polar surface area (TPSA) is 0 Å². The van der Waals surface area contributed by atoms with Gasteiger partial charge in [0, 0.05) is 0 Å². The fraction of sp³-hybridized carbons (Fsp3) is 0.294. The van der Waals surface area contributed by atoms with Gasteiger partial charge in [0.15, 0.2) is 0 Å². The van der Waals surface area contributed by atoms with Gasteiger partial charge in [-0.05, 0) is 42.7 Å². The van der Waals surface area contributed by atoms with Crippen molar-refractivity contribution in [2.24, 2.45) is 0 Å². The molecule has 0 N–H and O–H groups in total. The molecular weight excluding hydrogens is 242 g/mol. The Morgan fingerprint density at radius 3 is 1.89 bits per heavy atom. The van der Waals surface area contributed by atoms with Gasteiger partial charge in [0.05, 0.1) is 0 Å². The smallest absolute Gasteiger partial charge is 0.126 e. The van der Waals surface area contributed by atoms with Crippen LogP contribution in [0.2, 0.25) is 0 Å². The highest BCUT2D eigenvalue weighted by Gasteiger charge is 1.93. The molecule has 0 fully saturated rings. The molecule has 0 saturated heterocycles. The average molecular weight is 264 g/mol. The number of aryl methyl sites for hydroxylation is 2. The van der Waals surface area contributed by atoms with Crippen LogP contribution in [-0.2, 0) is 6.42 Å². The summed E-state index contributed by atoms with van der Waals surface area (Å²) in [5, 5.41) is 0. The summed E-state index contributed by atoms with van der Waals surface area (Å²) >= 11 is 0. The summed E-state index contributed by atoms with van der Waals surface area (Å²) in [6, 6.07) is 13.3. The van der Waals surface area contributed by atoms with Gasteiger partial charge in [-0.2, -0.15) is 0 Å². The molecule has 2 aromatic carbocycles. The van der Waals surface area contributed by atoms with Crippen molar-refractivity contribution in [2.75, 3.05) is 0 Å². The van der Waals surface area contributed by atoms with Crippen LogP contribution in [0.15, 0.2) is 48.5 Å². The predicted octanol–water partition coefficient (Wildman–Crippen LogP) is 5.55. The Balaban J connectivity index is 0.000000303. The van der Waals surface area contributed by atoms with Crippen LogP contribution in [0.5, 0.6) is 0 Å². The van der Waals surface area contributed by atoms with E-state index in [-0.39, 0.29) is 11.6 Å². The molecule has 0 saturated carbocycles. The zero-order valence-corrected chi connectivity index (χ0v) is 12.1. The first-order chi connectivity index (χ1) is 9.13. The van der Waals surface area contributed by atoms with Gasteiger partial charge < -0.3 is 0 Å². The van der Waals surface area contributed by atoms with Crippen LogP contribution < -0.4 is 0 Å². The second-order valence-corrected chi connectivity index (χ2v) is 3.74. The standard InChI is InChI=1S/C8H9F.C7H7F.C2H6/c1-2-7-5-3-4-6-8(7)9;1-6-3-2-4-7(8)5-6;1-2/h3-6H,2H2,1H3;2-5H,1H3;1-2H3. The number of hydrogen-bond acceptors (Lipinski definition) is 0. The molecule has 0 spiro atoms. The van der Waals surface area contributed by atoms with E-state index >= 15 is 0 Å². The normalized spacial score (nSPS) is 8.74. The first-order valence-corrected chi connectivity index (χ1v) is 6.59. The van der Waals surface area contributed by atoms with Crippen molar-refractivity contribution in [3.05, 3.63) is 71.3 Å². The van der Waals surface area contributed by atoms with E-state index in [0.717, 1.165) is 17.5 Å². The number of rotatable bonds is 1. The molecular formula is C17H22F2. The molecule has 0 nitrogen and oxygen atoms in total. The molecule has 0 bridgehead atoms. The summed E-state index contributed by atoms with van der Waals surface area (Å²) in [5.41, 5.74) is 1.75. The largest absolute Gasteiger partial charge is 0.207 e. The summed E-state index contributed by atoms with van der Waals surface area (Å²) in [4.78, 5) is 0. The SMILES string of the molecule is CC.CCc1ccccc1F.Cc1cccc(F)c1. The van der Waals surface area contributed by atoms with Crippen molar-refractivity contribution in [3.63, 3.8) is 0 Å². The molecule has 0 unspecified atom stereocenters. The highest BCUT2D eigenvalue weighted by Crippen LogP contribution is 2.05. The third-order valence-electron chi connectivity index (χ3n) is 2.32. The summed E-state index contributed by atoms with van der Waals surface area (Å²) in [5.74, 6) is -0.259. The van der Waals surface area contributed by atoms with Crippen molar-refractivity contribution in [1.29, 1.82) is 0 Å². The van der Waals surface area contributed by atoms with Gasteiger partial charge in [-0.15, -0.1) is 0 Å². The summed E-state index contributed by atoms with van der Waals surface area (Å²) in [6.07, 6.45) is 0.771. The maximum atomic E-state index is 12.6. The number of hydrogen-bond donors (Lipinski definition) is 0. The number of halogens is 2. The zero-order valence-electron chi connectivity index (χ0n) is 12.1. The zero-order chi connectivity index (χ0) is 14.7. The van der Waals surface area contributed by atoms with Crippen molar-refractivity contribution in [1.82, 2.24) is 0 Å². The molecule has 0 aliphatic heterocycles. The van der Waals surface area contributed by atoms with Crippen LogP contribution in [0, 0.1) is 18.6 Å². The number of benzene rings is 2. The molecule has 0 heterocycles. The Morgan fingerprint density at radius 2 is 1.53 bits per heavy atom. The van der Waals surface area contributed by atoms with Crippen LogP contribution in [0.1, 0.15) is 31.9 Å². The lowest BCUT2D eigenvalue weighted by Gasteiger charge is -1.94. The maximum absolute atomic E-state index is 12.6. The first-order valence-electron chi connectivity index (χ1n) is 6.59. The third kappa shape index (κ3) is 7.35. The van der Waals surface area contributed by atoms with Gasteiger partial charge in [0.2, 0.25) is 0 Å². The summed E-state index contributed by atoms with van der Waals surface area (Å²) in [7, 11) is 0. The first kappa shape index (κ1) is 17.3. The minimum absolute atomic E-state index is 0.0972. The summed E-state index contributed by atoms with van der Waals surface area (Å²) < 4.78 is 24.8. The molecule has 0 aromatic heterocycles. The fourth-order valence-corrected chi connectivity index (χ4v) is 1.39. The Hall–Kier alpha value is -1.70. The molecule has 0 atom stereocenters. The third-order valence-corrected chi connectivity index (χ3v) is 2.32. The van der Waals surface area contributed by atoms with E-state index in [2.05, 4.69) is 0 Å². The lowest BCUT2D eigenvalue weighted by molar-refractivity contribution is 0.612. The molecule has 2 heteroatoms. The van der Waals surface area contributed by atoms with Gasteiger partial charge in [-0.3, -0.25) is 0 Å². The lowest BCUT2D eigenvalue weighted by Crippen LogP contribution is -1.83. The van der Waals surface area contributed by atoms with Crippen molar-refractivity contribution in [2.45, 2.75) is 34.1 Å². The minimum Gasteiger partial charge on any atom is -0.207 e. The van der Waals surface area contributed by atoms with E-state index in [9.17, 15) is 8.78 Å². The van der Waals surface area contributed by atoms with Gasteiger partial charge in [0.25, 0.3) is 0 Å². The molecule has 0 radical (unpaired) electrons. The van der Waals surface area contributed by atoms with Gasteiger partial charge in [-0.25, -0.2) is 8.78 Å². The second-order valence-electron chi connectivity index (χ2n) is 3.74. The fourth-order valence-electron chi connectivity index (χ4n) is 1.39. The Bertz CT molecular complexity index is 447. The van der Waals surface area contributed by atoms with E-state index in [0.29, 0.717) is 0 Å². The van der Waals surface area contributed by atoms with Crippen LogP contribution in [0.25, 0.3) is 0 Å². The molecule has 2 rings (SSSR count). The Kier molecular flexibility index (Phi) is 9.33. The van der Waals surface area contributed by atoms with Crippen LogP contribution in [-0.4, -0.2) is 0 Å². The molecule has 104 valence electrons. The van der Waals surface area contributed by atoms with E-state index in [1.807, 2.05) is 39.8 Å². The summed E-state index contributed by atoms with van der Waals surface area (Å²) in [6.45, 7) is 7.81. The predicted molar refractivity (Wildman–Crippen MR) is 78.3 cm³/mol. The highest BCUT2D eigenvalue weighted by molar-refractivity contribution is 5.16. The van der Waals surface area contributed by atoms with Gasteiger partial charge >= 0.3 is 0 Å². The molecule has 0 aliphatic rings. The Labute approximate surface area is 115 Å². The van der Waals surface area contributed by atoms with Gasteiger partial charge in [-0.1, -0.05) is 51.1 Å².